The molecule has 5 aliphatic heterocycles. The molecule has 9 heterocycles. The number of unbranched alkanes of at least 4 members (excludes halogenated alkanes) is 3. The molecule has 31 nitrogen and oxygen atoms in total. The van der Waals surface area contributed by atoms with Gasteiger partial charge in [0.2, 0.25) is 11.8 Å². The number of benzene rings is 3. The Kier molecular flexibility index (Phi) is 36.8. The molecule has 142 heavy (non-hydrogen) atoms. The highest BCUT2D eigenvalue weighted by atomic mass is 79.9. The number of ketones is 2. The molecule has 774 valence electrons. The topological polar surface area (TPSA) is 383 Å². The lowest BCUT2D eigenvalue weighted by molar-refractivity contribution is -0.155. The first-order chi connectivity index (χ1) is 67.8. The van der Waals surface area contributed by atoms with Crippen LogP contribution in [0.5, 0.6) is 17.2 Å². The van der Waals surface area contributed by atoms with E-state index in [1.807, 2.05) is 49.7 Å². The third kappa shape index (κ3) is 26.9. The van der Waals surface area contributed by atoms with Crippen LogP contribution in [-0.4, -0.2) is 248 Å². The summed E-state index contributed by atoms with van der Waals surface area (Å²) in [6.07, 6.45) is 15.9. The number of aromatic amines is 1. The predicted molar refractivity (Wildman–Crippen MR) is 548 cm³/mol. The van der Waals surface area contributed by atoms with Crippen LogP contribution in [-0.2, 0) is 76.3 Å². The molecule has 37 heteroatoms. The summed E-state index contributed by atoms with van der Waals surface area (Å²) < 4.78 is 79.4. The number of ether oxygens (including phenoxy) is 8. The van der Waals surface area contributed by atoms with Gasteiger partial charge in [0.25, 0.3) is 10.1 Å². The molecular formula is C105H139BrCl2N10O21S3. The van der Waals surface area contributed by atoms with Crippen molar-refractivity contribution in [3.05, 3.63) is 96.2 Å². The minimum Gasteiger partial charge on any atom is -0.491 e. The van der Waals surface area contributed by atoms with E-state index in [2.05, 4.69) is 67.1 Å². The number of morpholine rings is 2. The number of H-pyrrole nitrogens is 1. The molecule has 2 unspecified atom stereocenters. The average Bonchev–Trinajstić information content (AvgIpc) is 1.58. The number of nitrogens with one attached hydrogen (secondary N) is 3. The number of anilines is 2. The molecular weight excluding hydrogens is 1980 g/mol. The molecule has 4 N–H and O–H groups in total. The van der Waals surface area contributed by atoms with E-state index in [4.69, 9.17) is 75.2 Å². The van der Waals surface area contributed by atoms with Crippen LogP contribution in [0.3, 0.4) is 0 Å². The van der Waals surface area contributed by atoms with Crippen LogP contribution < -0.4 is 30.3 Å². The number of nitrogens with zero attached hydrogens (tertiary/aromatic N) is 7. The maximum absolute atomic E-state index is 14.6. The average molecular weight is 2120 g/mol. The minimum absolute atomic E-state index is 0. The zero-order valence-corrected chi connectivity index (χ0v) is 87.3. The number of thiazole rings is 2. The molecule has 0 bridgehead atoms. The number of fused-ring (bicyclic) bond motifs is 6. The normalized spacial score (nSPS) is 26.6. The molecule has 4 aromatic heterocycles. The number of aliphatic carboxylic acids is 1. The van der Waals surface area contributed by atoms with E-state index in [0.717, 1.165) is 159 Å². The molecule has 7 aromatic rings. The van der Waals surface area contributed by atoms with E-state index < -0.39 is 81.0 Å². The molecule has 3 aromatic carbocycles. The van der Waals surface area contributed by atoms with Crippen LogP contribution in [0.25, 0.3) is 44.6 Å². The summed E-state index contributed by atoms with van der Waals surface area (Å²) in [6, 6.07) is 15.1. The number of carboxylic acid groups (broad SMARTS) is 1. The number of rotatable bonds is 37. The monoisotopic (exact) mass is 2120 g/mol. The summed E-state index contributed by atoms with van der Waals surface area (Å²) in [6.45, 7) is 21.0. The van der Waals surface area contributed by atoms with E-state index in [0.29, 0.717) is 152 Å². The summed E-state index contributed by atoms with van der Waals surface area (Å²) in [5, 5.41) is 24.4. The number of hydrogen-bond donors (Lipinski definition) is 4. The summed E-state index contributed by atoms with van der Waals surface area (Å²) in [4.78, 5) is 148. The Morgan fingerprint density at radius 1 is 0.662 bits per heavy atom. The van der Waals surface area contributed by atoms with Gasteiger partial charge in [0.15, 0.2) is 27.3 Å². The van der Waals surface area contributed by atoms with Crippen molar-refractivity contribution < 1.29 is 94.0 Å². The Hall–Kier alpha value is -8.49. The van der Waals surface area contributed by atoms with Gasteiger partial charge in [-0.3, -0.25) is 57.1 Å². The highest BCUT2D eigenvalue weighted by Crippen LogP contribution is 2.61. The largest absolute Gasteiger partial charge is 0.491 e. The van der Waals surface area contributed by atoms with E-state index in [1.54, 1.807) is 35.2 Å². The van der Waals surface area contributed by atoms with Crippen molar-refractivity contribution in [2.24, 2.45) is 58.2 Å². The SMILES string of the molecule is C.CC(C)Nc1nc(-c2cc(=O)c3ccc(OCCN4CCOCC4)c(Cl)c3[nH]2)cs1.CCCCCC[C@@H]1C[C@]1(CC(=O)[C@@H]1C[C@@H](Oc2cc(-c3csc(NC(C)C)n3)nc3c(Cl)c(OCCN4CCOCC4)ccc23)CN1C(=O)[C@H](CC)CC(=O)OC1C[C@@H]2C[C@@H]2C1)C(=O)O.COC(=O)[C@]12CC(=O)[C@@H]3C[C@H](OS(=O)(=O)c4ccc(Br)cc4)CN3C(=O)[C@@H](CC(=O)OC3C[C@@H]4C[C@@H]4C3)CCCCCCC[C@@H]1C2. The number of carboxylic acids is 1. The van der Waals surface area contributed by atoms with Crippen molar-refractivity contribution in [3.8, 4) is 40.0 Å². The number of aromatic nitrogens is 4. The Balaban J connectivity index is 0.000000172. The van der Waals surface area contributed by atoms with Gasteiger partial charge in [-0.05, 0) is 189 Å². The molecule has 18 rings (SSSR count). The van der Waals surface area contributed by atoms with Gasteiger partial charge in [-0.1, -0.05) is 118 Å². The van der Waals surface area contributed by atoms with Gasteiger partial charge in [0, 0.05) is 134 Å². The van der Waals surface area contributed by atoms with Gasteiger partial charge >= 0.3 is 23.9 Å². The van der Waals surface area contributed by atoms with Gasteiger partial charge < -0.3 is 68.4 Å². The van der Waals surface area contributed by atoms with Crippen molar-refractivity contribution in [2.45, 2.75) is 276 Å². The molecule has 2 amide bonds. The highest BCUT2D eigenvalue weighted by molar-refractivity contribution is 9.10. The van der Waals surface area contributed by atoms with Crippen LogP contribution in [0.4, 0.5) is 10.3 Å². The Labute approximate surface area is 858 Å². The second-order valence-corrected chi connectivity index (χ2v) is 46.0. The number of pyridine rings is 2. The summed E-state index contributed by atoms with van der Waals surface area (Å²) in [5.41, 5.74) is 1.34. The number of halogens is 3. The van der Waals surface area contributed by atoms with Crippen molar-refractivity contribution >= 4 is 151 Å². The lowest BCUT2D eigenvalue weighted by Crippen LogP contribution is -2.45. The van der Waals surface area contributed by atoms with Crippen LogP contribution in [0.2, 0.25) is 10.0 Å². The molecule has 0 radical (unpaired) electrons. The molecule has 6 aliphatic carbocycles. The molecule has 11 fully saturated rings. The van der Waals surface area contributed by atoms with Crippen molar-refractivity contribution in [1.82, 2.24) is 39.5 Å². The van der Waals surface area contributed by atoms with Gasteiger partial charge in [-0.15, -0.1) is 22.7 Å². The van der Waals surface area contributed by atoms with Gasteiger partial charge in [0.1, 0.15) is 64.5 Å². The summed E-state index contributed by atoms with van der Waals surface area (Å²) >= 11 is 20.0. The van der Waals surface area contributed by atoms with Gasteiger partial charge in [0.05, 0.1) is 115 Å². The molecule has 11 aliphatic rings. The van der Waals surface area contributed by atoms with E-state index in [-0.39, 0.29) is 129 Å². The summed E-state index contributed by atoms with van der Waals surface area (Å²) in [5.74, 6) is -0.836. The van der Waals surface area contributed by atoms with Crippen molar-refractivity contribution in [2.75, 3.05) is 110 Å². The Morgan fingerprint density at radius 2 is 1.26 bits per heavy atom. The molecule has 5 saturated heterocycles. The van der Waals surface area contributed by atoms with Crippen LogP contribution in [0.15, 0.2) is 85.6 Å². The Morgan fingerprint density at radius 3 is 1.87 bits per heavy atom. The number of carbonyl (C=O) groups excluding carboxylic acids is 7. The van der Waals surface area contributed by atoms with E-state index in [1.165, 1.54) is 59.7 Å². The number of hydrogen-bond acceptors (Lipinski definition) is 29. The van der Waals surface area contributed by atoms with Crippen LogP contribution in [0.1, 0.15) is 222 Å². The third-order valence-corrected chi connectivity index (χ3v) is 34.3. The lowest BCUT2D eigenvalue weighted by atomic mass is 9.90. The first-order valence-electron chi connectivity index (χ1n) is 50.9. The van der Waals surface area contributed by atoms with Crippen molar-refractivity contribution in [1.29, 1.82) is 0 Å². The minimum atomic E-state index is -4.19. The maximum atomic E-state index is 14.6. The fraction of sp³-hybridized carbons (Fsp3) is 0.638. The number of likely N-dealkylation sites (tertiary alicyclic amines) is 1. The second-order valence-electron chi connectivity index (χ2n) is 41.0. The fourth-order valence-electron chi connectivity index (χ4n) is 21.9. The summed E-state index contributed by atoms with van der Waals surface area (Å²) in [7, 11) is -2.87. The van der Waals surface area contributed by atoms with Crippen LogP contribution in [0, 0.1) is 58.2 Å². The number of Topliss-reactive ketones (excluding diaryl/α,β-unsaturated/α-hetero) is 2. The number of methoxy groups -OCH3 is 1. The molecule has 6 saturated carbocycles. The number of carbonyl (C=O) groups is 8. The number of amides is 2. The van der Waals surface area contributed by atoms with Crippen molar-refractivity contribution in [3.63, 3.8) is 0 Å². The zero-order chi connectivity index (χ0) is 99.6. The van der Waals surface area contributed by atoms with Crippen LogP contribution >= 0.6 is 61.8 Å². The first-order valence-corrected chi connectivity index (χ1v) is 55.6. The predicted octanol–water partition coefficient (Wildman–Crippen LogP) is 18.5. The number of esters is 3. The third-order valence-electron chi connectivity index (χ3n) is 30.1. The standard InChI is InChI=1S/C49H66ClN5O9S.C34H44BrNO9S.C21H25ClN4O3S.CH4/c1-5-7-8-9-10-33-25-49(33,47(59)60)26-40(56)39-23-35(27-55(39)46(58)30(6-2)22-43(57)64-34-20-31-19-32(31)21-34)63-42-24-37(38-28-65-48(53-38)51-29(3)4)52-45-36(42)11-12-41(44(45)50)62-18-15-54-13-16-61-17-14-54;1-43-33(40)34-18-24(34)8-6-4-2-3-5-7-21(16-31(38)44-26-14-22-13-23(22)15-26)32(39)36-20-27(17-29(36)30(37)19-34)45-46(41,42)28-11-9-25(35)10-12-28;1-13(2)23-21-25-16(12-30-21)15-11-17(27)14-3-4-18(19(22)20(14)24-15)29-10-7-26-5-8-28-9-6-26;/h11-12,24,28-35,39H,5-10,13-23,25-27H2,1-4H3,(H,51,53)(H,59,60);9-12,21-24,26-27,29H,2-8,13-20H2,1H3;3-4,11-13H,5-10H2,1-2H3,(H,23,25)(H,24,27);1H4/t30-,31-,32+,33-,34?,35-,39+,49-;21-,22-,23+,24-,26?,27+,29+,34-;;/m11../s1. The lowest BCUT2D eigenvalue weighted by Gasteiger charge is -2.29. The van der Waals surface area contributed by atoms with E-state index >= 15 is 0 Å². The van der Waals surface area contributed by atoms with Gasteiger partial charge in [-0.2, -0.15) is 8.42 Å². The first kappa shape index (κ1) is 108. The zero-order valence-electron chi connectivity index (χ0n) is 81.8. The fourth-order valence-corrected chi connectivity index (χ4v) is 25.5. The molecule has 16 atom stereocenters. The smallest absolute Gasteiger partial charge is 0.312 e. The Bertz CT molecular complexity index is 5780. The second kappa shape index (κ2) is 48.4. The quantitative estimate of drug-likeness (QED) is 0.0122. The maximum Gasteiger partial charge on any atom is 0.312 e. The highest BCUT2D eigenvalue weighted by Gasteiger charge is 2.64. The molecule has 0 spiro atoms. The van der Waals surface area contributed by atoms with E-state index in [9.17, 15) is 56.7 Å². The van der Waals surface area contributed by atoms with Gasteiger partial charge in [-0.25, -0.2) is 15.0 Å².